The number of alkyl carbamates (subject to hydrolysis) is 1. The molecule has 2 amide bonds. The predicted molar refractivity (Wildman–Crippen MR) is 153 cm³/mol. The second kappa shape index (κ2) is 15.3. The molecule has 4 rings (SSSR count). The molecule has 1 aliphatic rings. The molecular formula is C31H35F3N4O4. The number of halogens is 3. The van der Waals surface area contributed by atoms with Crippen molar-refractivity contribution in [3.63, 3.8) is 0 Å². The smallest absolute Gasteiger partial charge is 0.407 e. The van der Waals surface area contributed by atoms with Crippen LogP contribution in [0.4, 0.5) is 23.7 Å². The second-order valence-electron chi connectivity index (χ2n) is 10.1. The van der Waals surface area contributed by atoms with Gasteiger partial charge in [-0.05, 0) is 47.7 Å². The first-order valence-electron chi connectivity index (χ1n) is 13.8. The zero-order valence-electron chi connectivity index (χ0n) is 23.0. The standard InChI is InChI=1S/C31H35F3N4O4/c32-23-12-14-26(38-30(39)29(35)28(20-7-3-1-4-8-20)21-9-5-2-6-10-21)22(15-23)11-13-25-16-36-24(18-41-25)19-42-31(40)37-17-27(33)34/h1-10,12,14-15,24-25,27-29,36H,11,13,16-19,35H2,(H,37,40)(H,38,39). The molecular weight excluding hydrogens is 549 g/mol. The van der Waals surface area contributed by atoms with Crippen LogP contribution in [0.5, 0.6) is 0 Å². The molecule has 8 nitrogen and oxygen atoms in total. The lowest BCUT2D eigenvalue weighted by molar-refractivity contribution is -0.117. The molecule has 3 aromatic rings. The van der Waals surface area contributed by atoms with Crippen molar-refractivity contribution in [1.29, 1.82) is 0 Å². The summed E-state index contributed by atoms with van der Waals surface area (Å²) in [6, 6.07) is 22.2. The number of amides is 2. The maximum Gasteiger partial charge on any atom is 0.407 e. The van der Waals surface area contributed by atoms with Crippen LogP contribution in [0.3, 0.4) is 0 Å². The minimum absolute atomic E-state index is 0.0327. The largest absolute Gasteiger partial charge is 0.448 e. The average Bonchev–Trinajstić information content (AvgIpc) is 3.00. The predicted octanol–water partition coefficient (Wildman–Crippen LogP) is 4.20. The van der Waals surface area contributed by atoms with Gasteiger partial charge in [-0.15, -0.1) is 0 Å². The van der Waals surface area contributed by atoms with Crippen LogP contribution in [0.25, 0.3) is 0 Å². The van der Waals surface area contributed by atoms with Crippen LogP contribution in [0.2, 0.25) is 0 Å². The third-order valence-electron chi connectivity index (χ3n) is 7.02. The summed E-state index contributed by atoms with van der Waals surface area (Å²) in [5, 5.41) is 8.09. The van der Waals surface area contributed by atoms with Gasteiger partial charge in [0.05, 0.1) is 31.3 Å². The van der Waals surface area contributed by atoms with Crippen LogP contribution in [0, 0.1) is 5.82 Å². The molecule has 1 fully saturated rings. The summed E-state index contributed by atoms with van der Waals surface area (Å²) in [5.41, 5.74) is 9.44. The highest BCUT2D eigenvalue weighted by molar-refractivity contribution is 5.96. The lowest BCUT2D eigenvalue weighted by Gasteiger charge is -2.30. The van der Waals surface area contributed by atoms with E-state index in [2.05, 4.69) is 10.6 Å². The lowest BCUT2D eigenvalue weighted by Crippen LogP contribution is -2.49. The Hall–Kier alpha value is -3.93. The summed E-state index contributed by atoms with van der Waals surface area (Å²) < 4.78 is 49.4. The SMILES string of the molecule is NC(C(=O)Nc1ccc(F)cc1CCC1CNC(COC(=O)NCC(F)F)CO1)C(c1ccccc1)c1ccccc1. The van der Waals surface area contributed by atoms with E-state index in [-0.39, 0.29) is 31.3 Å². The molecule has 11 heteroatoms. The Morgan fingerprint density at radius 2 is 1.69 bits per heavy atom. The van der Waals surface area contributed by atoms with Gasteiger partial charge in [0.15, 0.2) is 0 Å². The van der Waals surface area contributed by atoms with Crippen LogP contribution in [-0.4, -0.2) is 62.9 Å². The number of hydrogen-bond donors (Lipinski definition) is 4. The Labute approximate surface area is 242 Å². The number of anilines is 1. The number of rotatable bonds is 12. The summed E-state index contributed by atoms with van der Waals surface area (Å²) in [7, 11) is 0. The van der Waals surface area contributed by atoms with Gasteiger partial charge in [-0.3, -0.25) is 4.79 Å². The van der Waals surface area contributed by atoms with Crippen molar-refractivity contribution in [3.05, 3.63) is 101 Å². The number of benzene rings is 3. The minimum atomic E-state index is -2.65. The summed E-state index contributed by atoms with van der Waals surface area (Å²) in [4.78, 5) is 24.9. The highest BCUT2D eigenvalue weighted by Crippen LogP contribution is 2.29. The van der Waals surface area contributed by atoms with Gasteiger partial charge >= 0.3 is 6.09 Å². The van der Waals surface area contributed by atoms with E-state index in [1.165, 1.54) is 18.2 Å². The molecule has 0 aliphatic carbocycles. The normalized spacial score (nSPS) is 17.6. The van der Waals surface area contributed by atoms with Gasteiger partial charge in [0.2, 0.25) is 5.91 Å². The van der Waals surface area contributed by atoms with Crippen LogP contribution >= 0.6 is 0 Å². The van der Waals surface area contributed by atoms with E-state index in [4.69, 9.17) is 15.2 Å². The van der Waals surface area contributed by atoms with Crippen molar-refractivity contribution in [2.45, 2.75) is 43.4 Å². The van der Waals surface area contributed by atoms with Gasteiger partial charge < -0.3 is 31.2 Å². The number of nitrogens with two attached hydrogens (primary N) is 1. The fourth-order valence-corrected chi connectivity index (χ4v) is 4.85. The third-order valence-corrected chi connectivity index (χ3v) is 7.02. The van der Waals surface area contributed by atoms with Gasteiger partial charge in [-0.1, -0.05) is 60.7 Å². The quantitative estimate of drug-likeness (QED) is 0.254. The molecule has 0 bridgehead atoms. The van der Waals surface area contributed by atoms with Gasteiger partial charge in [-0.25, -0.2) is 18.0 Å². The molecule has 3 atom stereocenters. The van der Waals surface area contributed by atoms with Gasteiger partial charge in [0.25, 0.3) is 6.43 Å². The van der Waals surface area contributed by atoms with Crippen LogP contribution in [0.15, 0.2) is 78.9 Å². The number of nitrogens with one attached hydrogen (secondary N) is 3. The number of carbonyl (C=O) groups is 2. The number of hydrogen-bond acceptors (Lipinski definition) is 6. The van der Waals surface area contributed by atoms with Crippen LogP contribution in [0.1, 0.15) is 29.0 Å². The zero-order chi connectivity index (χ0) is 29.9. The van der Waals surface area contributed by atoms with Crippen molar-refractivity contribution >= 4 is 17.7 Å². The van der Waals surface area contributed by atoms with E-state index in [0.717, 1.165) is 11.1 Å². The topological polar surface area (TPSA) is 115 Å². The van der Waals surface area contributed by atoms with Crippen molar-refractivity contribution in [2.75, 3.05) is 31.6 Å². The Kier molecular flexibility index (Phi) is 11.3. The third kappa shape index (κ3) is 9.04. The number of aryl methyl sites for hydroxylation is 1. The zero-order valence-corrected chi connectivity index (χ0v) is 23.0. The minimum Gasteiger partial charge on any atom is -0.448 e. The van der Waals surface area contributed by atoms with Crippen molar-refractivity contribution in [1.82, 2.24) is 10.6 Å². The summed E-state index contributed by atoms with van der Waals surface area (Å²) >= 11 is 0. The number of carbonyl (C=O) groups excluding carboxylic acids is 2. The molecule has 3 unspecified atom stereocenters. The van der Waals surface area contributed by atoms with Crippen molar-refractivity contribution in [2.24, 2.45) is 5.73 Å². The maximum absolute atomic E-state index is 14.2. The molecule has 3 aromatic carbocycles. The number of alkyl halides is 2. The van der Waals surface area contributed by atoms with Crippen LogP contribution < -0.4 is 21.7 Å². The Morgan fingerprint density at radius 3 is 2.29 bits per heavy atom. The van der Waals surface area contributed by atoms with Crippen LogP contribution in [-0.2, 0) is 20.7 Å². The molecule has 0 aromatic heterocycles. The maximum atomic E-state index is 14.2. The van der Waals surface area contributed by atoms with E-state index in [9.17, 15) is 22.8 Å². The Morgan fingerprint density at radius 1 is 1.02 bits per heavy atom. The van der Waals surface area contributed by atoms with E-state index in [1.54, 1.807) is 0 Å². The highest BCUT2D eigenvalue weighted by Gasteiger charge is 2.28. The van der Waals surface area contributed by atoms with Crippen molar-refractivity contribution < 1.29 is 32.2 Å². The molecule has 0 radical (unpaired) electrons. The molecule has 1 heterocycles. The fraction of sp³-hybridized carbons (Fsp3) is 0.355. The molecule has 0 spiro atoms. The number of morpholine rings is 1. The van der Waals surface area contributed by atoms with E-state index >= 15 is 0 Å². The monoisotopic (exact) mass is 584 g/mol. The van der Waals surface area contributed by atoms with E-state index in [1.807, 2.05) is 66.0 Å². The van der Waals surface area contributed by atoms with E-state index in [0.29, 0.717) is 30.6 Å². The first-order chi connectivity index (χ1) is 20.3. The fourth-order valence-electron chi connectivity index (χ4n) is 4.85. The van der Waals surface area contributed by atoms with Crippen molar-refractivity contribution in [3.8, 4) is 0 Å². The molecule has 1 saturated heterocycles. The molecule has 42 heavy (non-hydrogen) atoms. The Bertz CT molecular complexity index is 1250. The molecule has 0 saturated carbocycles. The lowest BCUT2D eigenvalue weighted by atomic mass is 9.85. The summed E-state index contributed by atoms with van der Waals surface area (Å²) in [5.74, 6) is -1.20. The summed E-state index contributed by atoms with van der Waals surface area (Å²) in [6.07, 6.45) is -2.82. The van der Waals surface area contributed by atoms with Gasteiger partial charge in [0, 0.05) is 18.2 Å². The summed E-state index contributed by atoms with van der Waals surface area (Å²) in [6.45, 7) is -0.112. The molecule has 1 aliphatic heterocycles. The highest BCUT2D eigenvalue weighted by atomic mass is 19.3. The van der Waals surface area contributed by atoms with Gasteiger partial charge in [-0.2, -0.15) is 0 Å². The molecule has 224 valence electrons. The average molecular weight is 585 g/mol. The molecule has 5 N–H and O–H groups in total. The second-order valence-corrected chi connectivity index (χ2v) is 10.1. The Balaban J connectivity index is 1.33. The first kappa shape index (κ1) is 31.0. The number of ether oxygens (including phenoxy) is 2. The van der Waals surface area contributed by atoms with Gasteiger partial charge in [0.1, 0.15) is 12.4 Å². The first-order valence-corrected chi connectivity index (χ1v) is 13.8. The van der Waals surface area contributed by atoms with E-state index < -0.39 is 36.8 Å².